The maximum atomic E-state index is 9.22. The Morgan fingerprint density at radius 1 is 1.43 bits per heavy atom. The van der Waals surface area contributed by atoms with E-state index in [2.05, 4.69) is 11.9 Å². The van der Waals surface area contributed by atoms with E-state index in [-0.39, 0.29) is 14.9 Å². The monoisotopic (exact) mass is 103 g/mol. The van der Waals surface area contributed by atoms with Crippen molar-refractivity contribution in [1.82, 2.24) is 5.32 Å². The average molecular weight is 103 g/mol. The minimum absolute atomic E-state index is 0. The zero-order valence-electron chi connectivity index (χ0n) is 2.77. The van der Waals surface area contributed by atoms with Crippen LogP contribution >= 0.6 is 0 Å². The van der Waals surface area contributed by atoms with Gasteiger partial charge in [0.05, 0.1) is 0 Å². The van der Waals surface area contributed by atoms with Crippen molar-refractivity contribution < 1.29 is 4.79 Å². The lowest BCUT2D eigenvalue weighted by Crippen LogP contribution is -1.96. The van der Waals surface area contributed by atoms with E-state index in [1.807, 2.05) is 0 Å². The van der Waals surface area contributed by atoms with Crippen molar-refractivity contribution in [2.24, 2.45) is 0 Å². The van der Waals surface area contributed by atoms with Gasteiger partial charge in [0.1, 0.15) is 0 Å². The maximum absolute atomic E-state index is 9.22. The van der Waals surface area contributed by atoms with Crippen molar-refractivity contribution in [2.75, 3.05) is 0 Å². The molecular formula is C5H13NO. The highest BCUT2D eigenvalue weighted by atomic mass is 16.1. The van der Waals surface area contributed by atoms with Gasteiger partial charge >= 0.3 is 0 Å². The molecule has 0 saturated carbocycles. The lowest BCUT2D eigenvalue weighted by atomic mass is 11.0. The molecule has 0 unspecified atom stereocenters. The normalized spacial score (nSPS) is 4.00. The van der Waals surface area contributed by atoms with Crippen LogP contribution in [0.15, 0.2) is 12.8 Å². The summed E-state index contributed by atoms with van der Waals surface area (Å²) in [7, 11) is 0. The van der Waals surface area contributed by atoms with Gasteiger partial charge < -0.3 is 5.32 Å². The van der Waals surface area contributed by atoms with Crippen LogP contribution < -0.4 is 5.32 Å². The van der Waals surface area contributed by atoms with Gasteiger partial charge in [0.2, 0.25) is 6.41 Å². The summed E-state index contributed by atoms with van der Waals surface area (Å²) in [4.78, 5) is 9.22. The molecule has 0 aromatic heterocycles. The lowest BCUT2D eigenvalue weighted by molar-refractivity contribution is -0.108. The summed E-state index contributed by atoms with van der Waals surface area (Å²) in [5.74, 6) is 0. The molecule has 44 valence electrons. The van der Waals surface area contributed by atoms with Gasteiger partial charge in [0.25, 0.3) is 0 Å². The molecule has 0 radical (unpaired) electrons. The fraction of sp³-hybridized carbons (Fsp3) is 0.400. The van der Waals surface area contributed by atoms with Crippen LogP contribution in [-0.2, 0) is 4.79 Å². The summed E-state index contributed by atoms with van der Waals surface area (Å²) in [6, 6.07) is 0. The molecule has 2 nitrogen and oxygen atoms in total. The number of nitrogens with one attached hydrogen (secondary N) is 1. The van der Waals surface area contributed by atoms with E-state index in [1.165, 1.54) is 6.20 Å². The Bertz CT molecular complexity index is 37.3. The van der Waals surface area contributed by atoms with Gasteiger partial charge in [0.15, 0.2) is 0 Å². The number of carbonyl (C=O) groups is 1. The number of hydrogen-bond donors (Lipinski definition) is 1. The number of carbonyl (C=O) groups excluding carboxylic acids is 1. The van der Waals surface area contributed by atoms with Gasteiger partial charge in [0, 0.05) is 0 Å². The molecule has 0 saturated heterocycles. The average Bonchev–Trinajstić information content (AvgIpc) is 1.41. The summed E-state index contributed by atoms with van der Waals surface area (Å²) in [6.45, 7) is 3.21. The van der Waals surface area contributed by atoms with E-state index in [4.69, 9.17) is 0 Å². The van der Waals surface area contributed by atoms with E-state index >= 15 is 0 Å². The Hall–Kier alpha value is -0.790. The molecule has 7 heavy (non-hydrogen) atoms. The topological polar surface area (TPSA) is 29.1 Å². The van der Waals surface area contributed by atoms with E-state index in [0.717, 1.165) is 0 Å². The smallest absolute Gasteiger partial charge is 0.211 e. The van der Waals surface area contributed by atoms with Gasteiger partial charge in [-0.1, -0.05) is 21.4 Å². The van der Waals surface area contributed by atoms with Gasteiger partial charge in [-0.15, -0.1) is 0 Å². The minimum atomic E-state index is 0. The quantitative estimate of drug-likeness (QED) is 0.522. The fourth-order valence-corrected chi connectivity index (χ4v) is 0.0481. The summed E-state index contributed by atoms with van der Waals surface area (Å²) in [5.41, 5.74) is 0. The molecule has 0 bridgehead atoms. The SMILES string of the molecule is C.C.C=CNC=O. The van der Waals surface area contributed by atoms with Crippen molar-refractivity contribution in [3.63, 3.8) is 0 Å². The van der Waals surface area contributed by atoms with Crippen molar-refractivity contribution >= 4 is 6.41 Å². The highest BCUT2D eigenvalue weighted by Crippen LogP contribution is 1.35. The Balaban J connectivity index is -0.0000000800. The Labute approximate surface area is 45.2 Å². The van der Waals surface area contributed by atoms with Crippen molar-refractivity contribution in [2.45, 2.75) is 14.9 Å². The predicted molar refractivity (Wildman–Crippen MR) is 32.9 cm³/mol. The van der Waals surface area contributed by atoms with Crippen LogP contribution in [0.1, 0.15) is 14.9 Å². The van der Waals surface area contributed by atoms with Crippen molar-refractivity contribution in [1.29, 1.82) is 0 Å². The highest BCUT2D eigenvalue weighted by molar-refractivity contribution is 5.47. The number of rotatable bonds is 2. The molecule has 0 aromatic rings. The van der Waals surface area contributed by atoms with Crippen molar-refractivity contribution in [3.8, 4) is 0 Å². The molecule has 0 rings (SSSR count). The van der Waals surface area contributed by atoms with E-state index in [9.17, 15) is 4.79 Å². The van der Waals surface area contributed by atoms with Crippen LogP contribution in [0.5, 0.6) is 0 Å². The molecule has 0 aliphatic carbocycles. The van der Waals surface area contributed by atoms with Gasteiger partial charge in [-0.2, -0.15) is 0 Å². The molecule has 1 N–H and O–H groups in total. The van der Waals surface area contributed by atoms with Crippen LogP contribution in [0.25, 0.3) is 0 Å². The molecule has 0 atom stereocenters. The third-order valence-electron chi connectivity index (χ3n) is 0.186. The molecule has 0 spiro atoms. The first kappa shape index (κ1) is 16.4. The Morgan fingerprint density at radius 2 is 1.86 bits per heavy atom. The highest BCUT2D eigenvalue weighted by Gasteiger charge is 1.50. The van der Waals surface area contributed by atoms with Gasteiger partial charge in [-0.25, -0.2) is 0 Å². The van der Waals surface area contributed by atoms with Crippen molar-refractivity contribution in [3.05, 3.63) is 12.8 Å². The summed E-state index contributed by atoms with van der Waals surface area (Å²) in [6.07, 6.45) is 1.88. The second-order valence-corrected chi connectivity index (χ2v) is 0.489. The summed E-state index contributed by atoms with van der Waals surface area (Å²) in [5, 5.41) is 2.19. The second-order valence-electron chi connectivity index (χ2n) is 0.489. The molecule has 0 aliphatic rings. The van der Waals surface area contributed by atoms with Crippen LogP contribution in [0, 0.1) is 0 Å². The second kappa shape index (κ2) is 18.9. The van der Waals surface area contributed by atoms with Crippen LogP contribution in [-0.4, -0.2) is 6.41 Å². The first-order chi connectivity index (χ1) is 2.41. The molecule has 0 aromatic carbocycles. The first-order valence-corrected chi connectivity index (χ1v) is 1.22. The fourth-order valence-electron chi connectivity index (χ4n) is 0.0481. The molecule has 2 heteroatoms. The third-order valence-corrected chi connectivity index (χ3v) is 0.186. The number of amides is 1. The summed E-state index contributed by atoms with van der Waals surface area (Å²) >= 11 is 0. The predicted octanol–water partition coefficient (Wildman–Crippen LogP) is 1.15. The lowest BCUT2D eigenvalue weighted by Gasteiger charge is -1.70. The van der Waals surface area contributed by atoms with Gasteiger partial charge in [-0.05, 0) is 6.20 Å². The van der Waals surface area contributed by atoms with E-state index < -0.39 is 0 Å². The van der Waals surface area contributed by atoms with E-state index in [0.29, 0.717) is 6.41 Å². The first-order valence-electron chi connectivity index (χ1n) is 1.22. The molecule has 0 heterocycles. The number of hydrogen-bond acceptors (Lipinski definition) is 1. The minimum Gasteiger partial charge on any atom is -0.336 e. The zero-order chi connectivity index (χ0) is 4.12. The van der Waals surface area contributed by atoms with Crippen LogP contribution in [0.4, 0.5) is 0 Å². The van der Waals surface area contributed by atoms with Gasteiger partial charge in [-0.3, -0.25) is 4.79 Å². The largest absolute Gasteiger partial charge is 0.336 e. The standard InChI is InChI=1S/C3H5NO.2CH4/c1-2-4-3-5;;/h2-3H,1H2,(H,4,5);2*1H4. The zero-order valence-corrected chi connectivity index (χ0v) is 2.77. The third kappa shape index (κ3) is 36.7. The molecule has 0 fully saturated rings. The maximum Gasteiger partial charge on any atom is 0.211 e. The molecule has 0 aliphatic heterocycles. The molecular weight excluding hydrogens is 90.1 g/mol. The van der Waals surface area contributed by atoms with Crippen LogP contribution in [0.2, 0.25) is 0 Å². The Kier molecular flexibility index (Phi) is 44.2. The summed E-state index contributed by atoms with van der Waals surface area (Å²) < 4.78 is 0. The Morgan fingerprint density at radius 3 is 1.86 bits per heavy atom. The van der Waals surface area contributed by atoms with Crippen LogP contribution in [0.3, 0.4) is 0 Å². The van der Waals surface area contributed by atoms with E-state index in [1.54, 1.807) is 0 Å². The molecule has 1 amide bonds.